The summed E-state index contributed by atoms with van der Waals surface area (Å²) in [4.78, 5) is 21.9. The van der Waals surface area contributed by atoms with E-state index in [9.17, 15) is 0 Å². The van der Waals surface area contributed by atoms with Crippen LogP contribution in [0.4, 0.5) is 0 Å². The van der Waals surface area contributed by atoms with Gasteiger partial charge < -0.3 is 4.57 Å². The summed E-state index contributed by atoms with van der Waals surface area (Å²) >= 11 is 7.21. The minimum atomic E-state index is -0.436. The maximum Gasteiger partial charge on any atom is 0.160 e. The van der Waals surface area contributed by atoms with Crippen molar-refractivity contribution < 1.29 is 0 Å². The molecule has 5 aliphatic carbocycles. The zero-order chi connectivity index (χ0) is 85.9. The molecule has 5 aliphatic rings. The zero-order valence-corrected chi connectivity index (χ0v) is 73.8. The molecule has 25 aromatic rings. The summed E-state index contributed by atoms with van der Waals surface area (Å²) < 4.78 is 8.14. The third kappa shape index (κ3) is 10.9. The van der Waals surface area contributed by atoms with Crippen LogP contribution in [-0.2, 0) is 17.3 Å². The number of thiophene rings is 2. The van der Waals surface area contributed by atoms with Gasteiger partial charge in [-0.3, -0.25) is 0 Å². The van der Waals surface area contributed by atoms with Crippen LogP contribution in [0.5, 0.6) is 0 Å². The number of halogens is 1. The summed E-state index contributed by atoms with van der Waals surface area (Å²) in [6.45, 7) is 0. The maximum absolute atomic E-state index is 5.64. The Morgan fingerprint density at radius 2 is 0.626 bits per heavy atom. The zero-order valence-electron chi connectivity index (χ0n) is 70.6. The standard InChI is InChI=1S/C61H35N3S.C45H25BrN2S.C17H12/c1-2-15-37-35-54-48(34-36(37)14-1)44-18-6-11-26-53(44)64(54)41-31-30-38-32-40(29-28-39(38)33-41)60-62-57-46-20-7-12-27-55(46)65-59(57)58(63-60)47-21-13-25-52-56(47)45-19-5-10-24-51(45)61(52)49-22-8-3-16-42(49)43-17-4-9-23-50(43)61;46-29-23-22-26-24-28(21-20-27(26)25-29)44-47-41-33-13-4-8-19-39(33)49-43(41)42(48-44)34-14-9-18-38-40(34)32-12-3-7-17-37(32)45(38)35-15-5-1-10-30(35)31-11-2-6-16-36(31)45;1-2-6-13-11-17-15(9-12(13)5-1)10-14-7-3-4-8-16(14)17/h1-35H;1-25H;1-9,11H,10H2. The van der Waals surface area contributed by atoms with Crippen LogP contribution < -0.4 is 0 Å². The van der Waals surface area contributed by atoms with Gasteiger partial charge in [0.25, 0.3) is 0 Å². The first-order valence-electron chi connectivity index (χ1n) is 44.9. The molecule has 0 N–H and O–H groups in total. The van der Waals surface area contributed by atoms with E-state index in [2.05, 4.69) is 445 Å². The lowest BCUT2D eigenvalue weighted by Crippen LogP contribution is -2.25. The normalized spacial score (nSPS) is 13.3. The first-order chi connectivity index (χ1) is 64.8. The molecule has 0 atom stereocenters. The number of benzene rings is 20. The molecule has 0 amide bonds. The molecule has 0 unspecified atom stereocenters. The van der Waals surface area contributed by atoms with Crippen molar-refractivity contribution in [3.63, 3.8) is 0 Å². The van der Waals surface area contributed by atoms with E-state index < -0.39 is 10.8 Å². The third-order valence-electron chi connectivity index (χ3n) is 28.6. The Morgan fingerprint density at radius 3 is 1.16 bits per heavy atom. The van der Waals surface area contributed by atoms with Crippen molar-refractivity contribution in [2.45, 2.75) is 17.3 Å². The number of para-hydroxylation sites is 1. The lowest BCUT2D eigenvalue weighted by Gasteiger charge is -2.30. The number of hydrogen-bond donors (Lipinski definition) is 0. The summed E-state index contributed by atoms with van der Waals surface area (Å²) in [5.41, 5.74) is 37.6. The molecule has 0 fully saturated rings. The first-order valence-corrected chi connectivity index (χ1v) is 47.3. The number of fused-ring (bicyclic) bond motifs is 36. The van der Waals surface area contributed by atoms with Crippen LogP contribution in [0, 0.1) is 0 Å². The van der Waals surface area contributed by atoms with Gasteiger partial charge in [-0.05, 0) is 234 Å². The molecule has 0 radical (unpaired) electrons. The lowest BCUT2D eigenvalue weighted by molar-refractivity contribution is 0.794. The minimum absolute atomic E-state index is 0.406. The van der Waals surface area contributed by atoms with Crippen molar-refractivity contribution in [2.24, 2.45) is 0 Å². The molecule has 131 heavy (non-hydrogen) atoms. The first kappa shape index (κ1) is 74.4. The van der Waals surface area contributed by atoms with Gasteiger partial charge in [0.15, 0.2) is 11.6 Å². The van der Waals surface area contributed by atoms with E-state index in [4.69, 9.17) is 19.9 Å². The minimum Gasteiger partial charge on any atom is -0.309 e. The van der Waals surface area contributed by atoms with Crippen LogP contribution in [0.15, 0.2) is 429 Å². The van der Waals surface area contributed by atoms with Crippen molar-refractivity contribution in [1.82, 2.24) is 24.5 Å². The van der Waals surface area contributed by atoms with E-state index in [1.807, 2.05) is 0 Å². The van der Waals surface area contributed by atoms with Crippen LogP contribution in [0.3, 0.4) is 0 Å². The summed E-state index contributed by atoms with van der Waals surface area (Å²) in [5.74, 6) is 1.47. The third-order valence-corrected chi connectivity index (χ3v) is 31.4. The predicted molar refractivity (Wildman–Crippen MR) is 551 cm³/mol. The van der Waals surface area contributed by atoms with Gasteiger partial charge in [0, 0.05) is 63.4 Å². The van der Waals surface area contributed by atoms with Gasteiger partial charge in [0.05, 0.1) is 53.7 Å². The molecule has 2 spiro atoms. The molecule has 608 valence electrons. The van der Waals surface area contributed by atoms with Gasteiger partial charge in [0.1, 0.15) is 0 Å². The van der Waals surface area contributed by atoms with Crippen LogP contribution >= 0.6 is 38.6 Å². The maximum atomic E-state index is 5.64. The lowest BCUT2D eigenvalue weighted by atomic mass is 9.70. The van der Waals surface area contributed by atoms with E-state index in [0.29, 0.717) is 0 Å². The Morgan fingerprint density at radius 1 is 0.244 bits per heavy atom. The van der Waals surface area contributed by atoms with E-state index in [1.165, 1.54) is 180 Å². The highest BCUT2D eigenvalue weighted by Crippen LogP contribution is 2.67. The molecule has 8 heteroatoms. The van der Waals surface area contributed by atoms with Gasteiger partial charge in [0.2, 0.25) is 0 Å². The van der Waals surface area contributed by atoms with Gasteiger partial charge in [-0.15, -0.1) is 22.7 Å². The molecular weight excluding hydrogens is 1690 g/mol. The molecule has 30 rings (SSSR count). The molecule has 5 heterocycles. The second kappa shape index (κ2) is 28.7. The summed E-state index contributed by atoms with van der Waals surface area (Å²) in [5, 5.41) is 14.7. The fourth-order valence-electron chi connectivity index (χ4n) is 23.1. The Kier molecular flexibility index (Phi) is 16.3. The monoisotopic (exact) mass is 1760 g/mol. The van der Waals surface area contributed by atoms with Crippen molar-refractivity contribution in [1.29, 1.82) is 0 Å². The molecular formula is C123H72BrN5S2. The van der Waals surface area contributed by atoms with Crippen LogP contribution in [0.25, 0.3) is 212 Å². The number of rotatable bonds is 5. The fourth-order valence-corrected chi connectivity index (χ4v) is 25.8. The second-order valence-electron chi connectivity index (χ2n) is 35.3. The molecule has 20 aromatic carbocycles. The summed E-state index contributed by atoms with van der Waals surface area (Å²) in [7, 11) is 0. The van der Waals surface area contributed by atoms with E-state index in [-0.39, 0.29) is 0 Å². The van der Waals surface area contributed by atoms with Gasteiger partial charge in [-0.25, -0.2) is 19.9 Å². The average molecular weight is 1760 g/mol. The van der Waals surface area contributed by atoms with E-state index in [1.54, 1.807) is 22.7 Å². The average Bonchev–Trinajstić information content (AvgIpc) is 1.51. The van der Waals surface area contributed by atoms with E-state index >= 15 is 0 Å². The van der Waals surface area contributed by atoms with Crippen molar-refractivity contribution >= 4 is 144 Å². The van der Waals surface area contributed by atoms with Gasteiger partial charge in [-0.2, -0.15) is 0 Å². The largest absolute Gasteiger partial charge is 0.309 e. The number of nitrogens with zero attached hydrogens (tertiary/aromatic N) is 5. The highest BCUT2D eigenvalue weighted by molar-refractivity contribution is 9.10. The van der Waals surface area contributed by atoms with Gasteiger partial charge in [-0.1, -0.05) is 368 Å². The Hall–Kier alpha value is -15.7. The fraction of sp³-hybridized carbons (Fsp3) is 0.0244. The molecule has 5 aromatic heterocycles. The van der Waals surface area contributed by atoms with Crippen LogP contribution in [0.2, 0.25) is 0 Å². The molecule has 0 saturated carbocycles. The number of hydrogen-bond acceptors (Lipinski definition) is 6. The van der Waals surface area contributed by atoms with Gasteiger partial charge >= 0.3 is 0 Å². The van der Waals surface area contributed by atoms with Crippen LogP contribution in [-0.4, -0.2) is 24.5 Å². The quantitative estimate of drug-likeness (QED) is 0.172. The highest BCUT2D eigenvalue weighted by atomic mass is 79.9. The Balaban J connectivity index is 0.000000114. The molecule has 0 aliphatic heterocycles. The smallest absolute Gasteiger partial charge is 0.160 e. The van der Waals surface area contributed by atoms with Crippen molar-refractivity contribution in [3.8, 4) is 107 Å². The molecule has 5 nitrogen and oxygen atoms in total. The summed E-state index contributed by atoms with van der Waals surface area (Å²) in [6.07, 6.45) is 1.08. The van der Waals surface area contributed by atoms with Crippen molar-refractivity contribution in [2.75, 3.05) is 0 Å². The highest BCUT2D eigenvalue weighted by Gasteiger charge is 2.54. The Bertz CT molecular complexity index is 9200. The second-order valence-corrected chi connectivity index (χ2v) is 38.3. The number of aromatic nitrogens is 5. The molecule has 0 saturated heterocycles. The van der Waals surface area contributed by atoms with Crippen LogP contribution in [0.1, 0.15) is 55.6 Å². The summed E-state index contributed by atoms with van der Waals surface area (Å²) in [6, 6.07) is 156. The van der Waals surface area contributed by atoms with Crippen molar-refractivity contribution in [3.05, 3.63) is 485 Å². The van der Waals surface area contributed by atoms with E-state index in [0.717, 1.165) is 98.5 Å². The Labute approximate surface area is 771 Å². The predicted octanol–water partition coefficient (Wildman–Crippen LogP) is 32.8. The topological polar surface area (TPSA) is 56.5 Å². The SMILES string of the molecule is Brc1ccc2cc(-c3nc(-c4cccc5c4-c4ccccc4C54c5ccccc5-c5ccccc54)c4sc5ccccc5c4n3)ccc2c1.c1ccc2c(c1)-c1ccccc1C21c2ccccc2-c2c(-c3nc(-c4ccc5cc(-n6c7ccccc7c7cc8ccccc8cc76)ccc5c4)nc4c3sc3ccccc34)cccc21.c1ccc2c(c1)Cc1cc3ccccc3cc1-2. The molecule has 0 bridgehead atoms.